The van der Waals surface area contributed by atoms with Crippen LogP contribution in [0.5, 0.6) is 5.75 Å². The van der Waals surface area contributed by atoms with Crippen LogP contribution in [0.4, 0.5) is 5.69 Å². The molecule has 0 radical (unpaired) electrons. The Morgan fingerprint density at radius 2 is 2.43 bits per heavy atom. The van der Waals surface area contributed by atoms with E-state index in [0.717, 1.165) is 25.0 Å². The monoisotopic (exact) mass is 288 g/mol. The summed E-state index contributed by atoms with van der Waals surface area (Å²) in [6.45, 7) is 1.51. The Morgan fingerprint density at radius 3 is 3.10 bits per heavy atom. The van der Waals surface area contributed by atoms with Crippen molar-refractivity contribution >= 4 is 11.6 Å². The SMILES string of the molecule is COc1ccc(C#CCN)cc1NC(=O)C1CCCOC1. The summed E-state index contributed by atoms with van der Waals surface area (Å²) in [7, 11) is 1.57. The van der Waals surface area contributed by atoms with E-state index in [1.807, 2.05) is 6.07 Å². The molecule has 5 nitrogen and oxygen atoms in total. The Kier molecular flexibility index (Phi) is 5.61. The fraction of sp³-hybridized carbons (Fsp3) is 0.438. The summed E-state index contributed by atoms with van der Waals surface area (Å²) in [4.78, 5) is 12.3. The lowest BCUT2D eigenvalue weighted by Gasteiger charge is -2.21. The molecule has 0 aromatic heterocycles. The van der Waals surface area contributed by atoms with Crippen LogP contribution in [0.25, 0.3) is 0 Å². The molecule has 1 atom stereocenters. The molecule has 1 unspecified atom stereocenters. The standard InChI is InChI=1S/C16H20N2O3/c1-20-15-7-6-12(4-2-8-17)10-14(15)18-16(19)13-5-3-9-21-11-13/h6-7,10,13H,3,5,8-9,11,17H2,1H3,(H,18,19). The number of carbonyl (C=O) groups is 1. The second kappa shape index (κ2) is 7.67. The van der Waals surface area contributed by atoms with Gasteiger partial charge in [-0.15, -0.1) is 0 Å². The van der Waals surface area contributed by atoms with Crippen LogP contribution in [0.2, 0.25) is 0 Å². The summed E-state index contributed by atoms with van der Waals surface area (Å²) in [5, 5.41) is 2.91. The van der Waals surface area contributed by atoms with Gasteiger partial charge in [-0.25, -0.2) is 0 Å². The summed E-state index contributed by atoms with van der Waals surface area (Å²) < 4.78 is 10.6. The Balaban J connectivity index is 2.14. The molecule has 0 spiro atoms. The minimum atomic E-state index is -0.109. The Labute approximate surface area is 124 Å². The van der Waals surface area contributed by atoms with E-state index in [-0.39, 0.29) is 11.8 Å². The fourth-order valence-corrected chi connectivity index (χ4v) is 2.22. The minimum absolute atomic E-state index is 0.0445. The van der Waals surface area contributed by atoms with Crippen molar-refractivity contribution in [3.8, 4) is 17.6 Å². The average molecular weight is 288 g/mol. The lowest BCUT2D eigenvalue weighted by molar-refractivity contribution is -0.123. The Bertz CT molecular complexity index is 554. The number of amides is 1. The molecule has 5 heteroatoms. The highest BCUT2D eigenvalue weighted by Gasteiger charge is 2.22. The van der Waals surface area contributed by atoms with E-state index < -0.39 is 0 Å². The van der Waals surface area contributed by atoms with Gasteiger partial charge in [0, 0.05) is 12.2 Å². The first kappa shape index (κ1) is 15.4. The third kappa shape index (κ3) is 4.22. The van der Waals surface area contributed by atoms with Gasteiger partial charge in [0.05, 0.1) is 31.9 Å². The number of hydrogen-bond acceptors (Lipinski definition) is 4. The van der Waals surface area contributed by atoms with Crippen molar-refractivity contribution in [1.29, 1.82) is 0 Å². The van der Waals surface area contributed by atoms with E-state index in [2.05, 4.69) is 17.2 Å². The fourth-order valence-electron chi connectivity index (χ4n) is 2.22. The maximum Gasteiger partial charge on any atom is 0.229 e. The van der Waals surface area contributed by atoms with Crippen molar-refractivity contribution in [1.82, 2.24) is 0 Å². The molecule has 1 saturated heterocycles. The molecular weight excluding hydrogens is 268 g/mol. The summed E-state index contributed by atoms with van der Waals surface area (Å²) in [6.07, 6.45) is 1.76. The Morgan fingerprint density at radius 1 is 1.57 bits per heavy atom. The quantitative estimate of drug-likeness (QED) is 0.824. The zero-order valence-electron chi connectivity index (χ0n) is 12.1. The van der Waals surface area contributed by atoms with E-state index in [4.69, 9.17) is 15.2 Å². The normalized spacial score (nSPS) is 17.5. The van der Waals surface area contributed by atoms with E-state index >= 15 is 0 Å². The third-order valence-electron chi connectivity index (χ3n) is 3.32. The van der Waals surface area contributed by atoms with Crippen LogP contribution in [-0.2, 0) is 9.53 Å². The van der Waals surface area contributed by atoms with Crippen molar-refractivity contribution < 1.29 is 14.3 Å². The molecule has 3 N–H and O–H groups in total. The second-order valence-electron chi connectivity index (χ2n) is 4.82. The number of ether oxygens (including phenoxy) is 2. The molecule has 1 aromatic carbocycles. The largest absolute Gasteiger partial charge is 0.495 e. The molecule has 21 heavy (non-hydrogen) atoms. The average Bonchev–Trinajstić information content (AvgIpc) is 2.54. The van der Waals surface area contributed by atoms with Crippen molar-refractivity contribution in [2.24, 2.45) is 11.7 Å². The number of anilines is 1. The summed E-state index contributed by atoms with van der Waals surface area (Å²) in [6, 6.07) is 5.41. The molecule has 1 aliphatic rings. The van der Waals surface area contributed by atoms with Gasteiger partial charge in [-0.1, -0.05) is 11.8 Å². The van der Waals surface area contributed by atoms with Crippen LogP contribution in [0.15, 0.2) is 18.2 Å². The number of methoxy groups -OCH3 is 1. The number of hydrogen-bond donors (Lipinski definition) is 2. The molecule has 1 heterocycles. The van der Waals surface area contributed by atoms with Gasteiger partial charge in [-0.2, -0.15) is 0 Å². The topological polar surface area (TPSA) is 73.6 Å². The van der Waals surface area contributed by atoms with Crippen LogP contribution >= 0.6 is 0 Å². The molecule has 0 aliphatic carbocycles. The lowest BCUT2D eigenvalue weighted by Crippen LogP contribution is -2.30. The molecule has 1 fully saturated rings. The highest BCUT2D eigenvalue weighted by molar-refractivity contribution is 5.94. The van der Waals surface area contributed by atoms with Gasteiger partial charge in [0.2, 0.25) is 5.91 Å². The highest BCUT2D eigenvalue weighted by atomic mass is 16.5. The number of nitrogens with one attached hydrogen (secondary N) is 1. The predicted octanol–water partition coefficient (Wildman–Crippen LogP) is 1.37. The van der Waals surface area contributed by atoms with Crippen LogP contribution < -0.4 is 15.8 Å². The molecule has 1 aromatic rings. The maximum absolute atomic E-state index is 12.3. The number of carbonyl (C=O) groups excluding carboxylic acids is 1. The van der Waals surface area contributed by atoms with Gasteiger partial charge < -0.3 is 20.5 Å². The molecule has 0 saturated carbocycles. The van der Waals surface area contributed by atoms with E-state index in [1.54, 1.807) is 19.2 Å². The van der Waals surface area contributed by atoms with E-state index in [9.17, 15) is 4.79 Å². The van der Waals surface area contributed by atoms with Gasteiger partial charge in [0.25, 0.3) is 0 Å². The van der Waals surface area contributed by atoms with Crippen LogP contribution in [0.3, 0.4) is 0 Å². The first-order chi connectivity index (χ1) is 10.2. The lowest BCUT2D eigenvalue weighted by atomic mass is 10.0. The van der Waals surface area contributed by atoms with Crippen LogP contribution in [-0.4, -0.2) is 32.8 Å². The summed E-state index contributed by atoms with van der Waals surface area (Å²) in [5.74, 6) is 6.19. The number of rotatable bonds is 3. The minimum Gasteiger partial charge on any atom is -0.495 e. The van der Waals surface area contributed by atoms with Crippen molar-refractivity contribution in [2.45, 2.75) is 12.8 Å². The van der Waals surface area contributed by atoms with Gasteiger partial charge in [0.1, 0.15) is 5.75 Å². The van der Waals surface area contributed by atoms with Crippen LogP contribution in [0, 0.1) is 17.8 Å². The second-order valence-corrected chi connectivity index (χ2v) is 4.82. The molecule has 1 amide bonds. The molecule has 2 rings (SSSR count). The predicted molar refractivity (Wildman–Crippen MR) is 81.1 cm³/mol. The first-order valence-corrected chi connectivity index (χ1v) is 7.00. The van der Waals surface area contributed by atoms with Crippen LogP contribution in [0.1, 0.15) is 18.4 Å². The van der Waals surface area contributed by atoms with Gasteiger partial charge in [0.15, 0.2) is 0 Å². The molecule has 112 valence electrons. The third-order valence-corrected chi connectivity index (χ3v) is 3.32. The maximum atomic E-state index is 12.3. The summed E-state index contributed by atoms with van der Waals surface area (Å²) >= 11 is 0. The van der Waals surface area contributed by atoms with Gasteiger partial charge >= 0.3 is 0 Å². The molecule has 0 bridgehead atoms. The first-order valence-electron chi connectivity index (χ1n) is 7.00. The van der Waals surface area contributed by atoms with Crippen molar-refractivity contribution in [2.75, 3.05) is 32.2 Å². The van der Waals surface area contributed by atoms with Crippen molar-refractivity contribution in [3.63, 3.8) is 0 Å². The zero-order chi connectivity index (χ0) is 15.1. The smallest absolute Gasteiger partial charge is 0.229 e. The summed E-state index contributed by atoms with van der Waals surface area (Å²) in [5.41, 5.74) is 6.78. The Hall–Kier alpha value is -2.03. The van der Waals surface area contributed by atoms with E-state index in [1.165, 1.54) is 0 Å². The van der Waals surface area contributed by atoms with Crippen molar-refractivity contribution in [3.05, 3.63) is 23.8 Å². The van der Waals surface area contributed by atoms with Gasteiger partial charge in [-0.05, 0) is 31.0 Å². The number of nitrogens with two attached hydrogens (primary N) is 1. The molecular formula is C16H20N2O3. The highest BCUT2D eigenvalue weighted by Crippen LogP contribution is 2.26. The number of benzene rings is 1. The van der Waals surface area contributed by atoms with Gasteiger partial charge in [-0.3, -0.25) is 4.79 Å². The zero-order valence-corrected chi connectivity index (χ0v) is 12.1. The molecule has 1 aliphatic heterocycles. The van der Waals surface area contributed by atoms with E-state index in [0.29, 0.717) is 24.6 Å².